The smallest absolute Gasteiger partial charge is 0.306 e. The molecular weight excluding hydrogens is 208 g/mol. The Kier molecular flexibility index (Phi) is 3.43. The predicted molar refractivity (Wildman–Crippen MR) is 58.0 cm³/mol. The summed E-state index contributed by atoms with van der Waals surface area (Å²) in [5.41, 5.74) is 0. The van der Waals surface area contributed by atoms with Crippen LogP contribution in [-0.2, 0) is 9.59 Å². The number of hydrogen-bond donors (Lipinski definition) is 2. The second-order valence-corrected chi connectivity index (χ2v) is 4.72. The maximum absolute atomic E-state index is 11.0. The van der Waals surface area contributed by atoms with Gasteiger partial charge in [-0.2, -0.15) is 0 Å². The Balaban J connectivity index is 1.73. The highest BCUT2D eigenvalue weighted by Gasteiger charge is 2.28. The van der Waals surface area contributed by atoms with Crippen molar-refractivity contribution in [3.05, 3.63) is 0 Å². The van der Waals surface area contributed by atoms with Crippen LogP contribution in [-0.4, -0.2) is 47.6 Å². The average molecular weight is 226 g/mol. The van der Waals surface area contributed by atoms with Crippen LogP contribution in [0.3, 0.4) is 0 Å². The van der Waals surface area contributed by atoms with E-state index in [-0.39, 0.29) is 17.9 Å². The molecule has 90 valence electrons. The van der Waals surface area contributed by atoms with Crippen molar-refractivity contribution in [2.24, 2.45) is 5.92 Å². The molecule has 2 rings (SSSR count). The minimum atomic E-state index is -0.672. The molecule has 1 unspecified atom stereocenters. The molecule has 0 aromatic carbocycles. The molecule has 2 N–H and O–H groups in total. The zero-order chi connectivity index (χ0) is 11.5. The minimum Gasteiger partial charge on any atom is -0.481 e. The number of carbonyl (C=O) groups is 2. The van der Waals surface area contributed by atoms with Crippen molar-refractivity contribution >= 4 is 11.9 Å². The summed E-state index contributed by atoms with van der Waals surface area (Å²) < 4.78 is 0. The predicted octanol–water partition coefficient (Wildman–Crippen LogP) is 0.0616. The third-order valence-corrected chi connectivity index (χ3v) is 3.50. The van der Waals surface area contributed by atoms with E-state index < -0.39 is 5.97 Å². The van der Waals surface area contributed by atoms with Gasteiger partial charge in [0.25, 0.3) is 0 Å². The highest BCUT2D eigenvalue weighted by Crippen LogP contribution is 2.18. The van der Waals surface area contributed by atoms with Gasteiger partial charge in [0, 0.05) is 19.0 Å². The lowest BCUT2D eigenvalue weighted by Crippen LogP contribution is -2.43. The molecule has 0 radical (unpaired) electrons. The summed E-state index contributed by atoms with van der Waals surface area (Å²) in [7, 11) is 0. The largest absolute Gasteiger partial charge is 0.481 e. The number of aliphatic carboxylic acids is 1. The second-order valence-electron chi connectivity index (χ2n) is 4.72. The maximum Gasteiger partial charge on any atom is 0.306 e. The first-order chi connectivity index (χ1) is 7.65. The lowest BCUT2D eigenvalue weighted by Gasteiger charge is -2.31. The highest BCUT2D eigenvalue weighted by molar-refractivity contribution is 5.78. The van der Waals surface area contributed by atoms with E-state index in [1.54, 1.807) is 0 Å². The standard InChI is InChI=1S/C11H18N2O3/c14-10-2-1-9(12-10)7-13-5-3-8(4-6-13)11(15)16/h8-9H,1-7H2,(H,12,14)(H,15,16). The van der Waals surface area contributed by atoms with Gasteiger partial charge in [-0.25, -0.2) is 0 Å². The molecule has 2 aliphatic rings. The quantitative estimate of drug-likeness (QED) is 0.714. The molecule has 0 saturated carbocycles. The van der Waals surface area contributed by atoms with Crippen molar-refractivity contribution in [3.8, 4) is 0 Å². The van der Waals surface area contributed by atoms with Gasteiger partial charge in [-0.15, -0.1) is 0 Å². The number of piperidine rings is 1. The molecule has 0 aromatic rings. The molecule has 2 heterocycles. The van der Waals surface area contributed by atoms with Gasteiger partial charge in [-0.3, -0.25) is 9.59 Å². The molecule has 0 aromatic heterocycles. The van der Waals surface area contributed by atoms with E-state index in [0.29, 0.717) is 6.42 Å². The summed E-state index contributed by atoms with van der Waals surface area (Å²) in [6, 6.07) is 0.272. The highest BCUT2D eigenvalue weighted by atomic mass is 16.4. The van der Waals surface area contributed by atoms with Crippen LogP contribution in [0.1, 0.15) is 25.7 Å². The van der Waals surface area contributed by atoms with Gasteiger partial charge in [0.05, 0.1) is 5.92 Å². The van der Waals surface area contributed by atoms with Crippen LogP contribution in [0.2, 0.25) is 0 Å². The summed E-state index contributed by atoms with van der Waals surface area (Å²) >= 11 is 0. The molecular formula is C11H18N2O3. The molecule has 2 fully saturated rings. The summed E-state index contributed by atoms with van der Waals surface area (Å²) in [6.45, 7) is 2.55. The van der Waals surface area contributed by atoms with Gasteiger partial charge in [-0.1, -0.05) is 0 Å². The molecule has 0 aliphatic carbocycles. The average Bonchev–Trinajstić information content (AvgIpc) is 2.65. The Morgan fingerprint density at radius 3 is 2.56 bits per heavy atom. The van der Waals surface area contributed by atoms with Gasteiger partial charge in [0.2, 0.25) is 5.91 Å². The number of carbonyl (C=O) groups excluding carboxylic acids is 1. The fourth-order valence-electron chi connectivity index (χ4n) is 2.49. The van der Waals surface area contributed by atoms with Crippen molar-refractivity contribution in [3.63, 3.8) is 0 Å². The number of rotatable bonds is 3. The molecule has 5 heteroatoms. The normalized spacial score (nSPS) is 28.0. The van der Waals surface area contributed by atoms with Crippen LogP contribution in [0, 0.1) is 5.92 Å². The first kappa shape index (κ1) is 11.4. The number of carboxylic acid groups (broad SMARTS) is 1. The fourth-order valence-corrected chi connectivity index (χ4v) is 2.49. The maximum atomic E-state index is 11.0. The van der Waals surface area contributed by atoms with E-state index in [2.05, 4.69) is 10.2 Å². The number of nitrogens with one attached hydrogen (secondary N) is 1. The SMILES string of the molecule is O=C1CCC(CN2CCC(C(=O)O)CC2)N1. The topological polar surface area (TPSA) is 69.6 Å². The van der Waals surface area contributed by atoms with Crippen molar-refractivity contribution in [2.75, 3.05) is 19.6 Å². The van der Waals surface area contributed by atoms with E-state index >= 15 is 0 Å². The van der Waals surface area contributed by atoms with Crippen molar-refractivity contribution in [2.45, 2.75) is 31.7 Å². The third-order valence-electron chi connectivity index (χ3n) is 3.50. The number of carboxylic acids is 1. The van der Waals surface area contributed by atoms with Crippen molar-refractivity contribution < 1.29 is 14.7 Å². The Bertz CT molecular complexity index is 285. The lowest BCUT2D eigenvalue weighted by molar-refractivity contribution is -0.143. The number of hydrogen-bond acceptors (Lipinski definition) is 3. The summed E-state index contributed by atoms with van der Waals surface area (Å²) in [5, 5.41) is 11.8. The summed E-state index contributed by atoms with van der Waals surface area (Å²) in [5.74, 6) is -0.700. The van der Waals surface area contributed by atoms with Gasteiger partial charge in [0.1, 0.15) is 0 Å². The first-order valence-electron chi connectivity index (χ1n) is 5.89. The Hall–Kier alpha value is -1.10. The Morgan fingerprint density at radius 2 is 2.06 bits per heavy atom. The second kappa shape index (κ2) is 4.82. The third kappa shape index (κ3) is 2.72. The van der Waals surface area contributed by atoms with Crippen LogP contribution in [0.25, 0.3) is 0 Å². The monoisotopic (exact) mass is 226 g/mol. The number of nitrogens with zero attached hydrogens (tertiary/aromatic N) is 1. The summed E-state index contributed by atoms with van der Waals surface area (Å²) in [6.07, 6.45) is 3.01. The Labute approximate surface area is 94.8 Å². The molecule has 1 amide bonds. The van der Waals surface area contributed by atoms with Crippen LogP contribution >= 0.6 is 0 Å². The molecule has 16 heavy (non-hydrogen) atoms. The Morgan fingerprint density at radius 1 is 1.38 bits per heavy atom. The molecule has 5 nitrogen and oxygen atoms in total. The van der Waals surface area contributed by atoms with E-state index in [0.717, 1.165) is 38.9 Å². The minimum absolute atomic E-state index is 0.144. The van der Waals surface area contributed by atoms with Crippen molar-refractivity contribution in [1.29, 1.82) is 0 Å². The van der Waals surface area contributed by atoms with E-state index in [1.807, 2.05) is 0 Å². The number of amides is 1. The zero-order valence-corrected chi connectivity index (χ0v) is 9.32. The van der Waals surface area contributed by atoms with Gasteiger partial charge in [-0.05, 0) is 32.4 Å². The lowest BCUT2D eigenvalue weighted by atomic mass is 9.97. The van der Waals surface area contributed by atoms with Gasteiger partial charge in [0.15, 0.2) is 0 Å². The fraction of sp³-hybridized carbons (Fsp3) is 0.818. The van der Waals surface area contributed by atoms with Crippen LogP contribution in [0.15, 0.2) is 0 Å². The zero-order valence-electron chi connectivity index (χ0n) is 9.32. The van der Waals surface area contributed by atoms with Crippen LogP contribution < -0.4 is 5.32 Å². The molecule has 2 saturated heterocycles. The molecule has 1 atom stereocenters. The van der Waals surface area contributed by atoms with Gasteiger partial charge >= 0.3 is 5.97 Å². The van der Waals surface area contributed by atoms with E-state index in [1.165, 1.54) is 0 Å². The summed E-state index contributed by atoms with van der Waals surface area (Å²) in [4.78, 5) is 24.1. The van der Waals surface area contributed by atoms with E-state index in [4.69, 9.17) is 5.11 Å². The molecule has 2 aliphatic heterocycles. The number of likely N-dealkylation sites (tertiary alicyclic amines) is 1. The molecule has 0 bridgehead atoms. The first-order valence-corrected chi connectivity index (χ1v) is 5.89. The van der Waals surface area contributed by atoms with Crippen molar-refractivity contribution in [1.82, 2.24) is 10.2 Å². The van der Waals surface area contributed by atoms with Crippen LogP contribution in [0.5, 0.6) is 0 Å². The van der Waals surface area contributed by atoms with Crippen LogP contribution in [0.4, 0.5) is 0 Å². The van der Waals surface area contributed by atoms with E-state index in [9.17, 15) is 9.59 Å². The molecule has 0 spiro atoms. The van der Waals surface area contributed by atoms with Gasteiger partial charge < -0.3 is 15.3 Å².